The second-order valence-electron chi connectivity index (χ2n) is 3.49. The number of rotatable bonds is 4. The number of benzene rings is 1. The second-order valence-corrected chi connectivity index (χ2v) is 3.49. The highest BCUT2D eigenvalue weighted by molar-refractivity contribution is 5.77. The average Bonchev–Trinajstić information content (AvgIpc) is 2.85. The maximum Gasteiger partial charge on any atom is 0.269 e. The van der Waals surface area contributed by atoms with Crippen molar-refractivity contribution in [3.63, 3.8) is 0 Å². The predicted octanol–water partition coefficient (Wildman–Crippen LogP) is 2.41. The Balaban J connectivity index is 2.23. The standard InChI is InChI=1S/C12H11N3O3/c1-13-14-8-11-6-7-12(18-11)9-2-4-10(5-3-9)15(16)17/h2-8,13H,1H3. The van der Waals surface area contributed by atoms with E-state index in [1.807, 2.05) is 0 Å². The Bertz CT molecular complexity index is 573. The van der Waals surface area contributed by atoms with E-state index >= 15 is 0 Å². The van der Waals surface area contributed by atoms with Gasteiger partial charge in [0.15, 0.2) is 0 Å². The zero-order valence-corrected chi connectivity index (χ0v) is 9.66. The van der Waals surface area contributed by atoms with Crippen molar-refractivity contribution in [3.8, 4) is 11.3 Å². The molecular weight excluding hydrogens is 234 g/mol. The minimum absolute atomic E-state index is 0.0577. The van der Waals surface area contributed by atoms with Crippen molar-refractivity contribution in [1.82, 2.24) is 5.43 Å². The molecular formula is C12H11N3O3. The van der Waals surface area contributed by atoms with Gasteiger partial charge in [-0.05, 0) is 24.3 Å². The van der Waals surface area contributed by atoms with Gasteiger partial charge in [-0.3, -0.25) is 10.1 Å². The number of nitrogens with one attached hydrogen (secondary N) is 1. The molecule has 0 unspecified atom stereocenters. The van der Waals surface area contributed by atoms with Crippen molar-refractivity contribution in [2.45, 2.75) is 0 Å². The van der Waals surface area contributed by atoms with Crippen molar-refractivity contribution < 1.29 is 9.34 Å². The predicted molar refractivity (Wildman–Crippen MR) is 67.5 cm³/mol. The van der Waals surface area contributed by atoms with E-state index < -0.39 is 4.92 Å². The van der Waals surface area contributed by atoms with E-state index in [0.29, 0.717) is 11.5 Å². The molecule has 0 atom stereocenters. The fraction of sp³-hybridized carbons (Fsp3) is 0.0833. The summed E-state index contributed by atoms with van der Waals surface area (Å²) in [6.45, 7) is 0. The minimum atomic E-state index is -0.434. The molecule has 0 saturated heterocycles. The molecule has 6 nitrogen and oxygen atoms in total. The second kappa shape index (κ2) is 5.13. The van der Waals surface area contributed by atoms with Gasteiger partial charge in [-0.15, -0.1) is 0 Å². The lowest BCUT2D eigenvalue weighted by Crippen LogP contribution is -1.93. The van der Waals surface area contributed by atoms with E-state index in [-0.39, 0.29) is 5.69 Å². The molecule has 0 aliphatic carbocycles. The molecule has 0 radical (unpaired) electrons. The van der Waals surface area contributed by atoms with Crippen LogP contribution in [-0.2, 0) is 0 Å². The van der Waals surface area contributed by atoms with E-state index in [1.165, 1.54) is 12.1 Å². The lowest BCUT2D eigenvalue weighted by Gasteiger charge is -1.96. The van der Waals surface area contributed by atoms with Crippen LogP contribution in [-0.4, -0.2) is 18.2 Å². The van der Waals surface area contributed by atoms with E-state index in [0.717, 1.165) is 5.56 Å². The van der Waals surface area contributed by atoms with Gasteiger partial charge in [-0.1, -0.05) is 0 Å². The summed E-state index contributed by atoms with van der Waals surface area (Å²) in [5.74, 6) is 1.25. The monoisotopic (exact) mass is 245 g/mol. The summed E-state index contributed by atoms with van der Waals surface area (Å²) in [7, 11) is 1.69. The highest BCUT2D eigenvalue weighted by atomic mass is 16.6. The number of nitro benzene ring substituents is 1. The van der Waals surface area contributed by atoms with Gasteiger partial charge in [0.05, 0.1) is 11.1 Å². The Labute approximate surface area is 103 Å². The Kier molecular flexibility index (Phi) is 3.38. The number of hydrazone groups is 1. The average molecular weight is 245 g/mol. The smallest absolute Gasteiger partial charge is 0.269 e. The van der Waals surface area contributed by atoms with Crippen LogP contribution in [0.3, 0.4) is 0 Å². The van der Waals surface area contributed by atoms with Crippen LogP contribution in [0.4, 0.5) is 5.69 Å². The van der Waals surface area contributed by atoms with Crippen molar-refractivity contribution in [2.24, 2.45) is 5.10 Å². The van der Waals surface area contributed by atoms with Gasteiger partial charge in [0.1, 0.15) is 11.5 Å². The molecule has 1 heterocycles. The molecule has 0 aliphatic heterocycles. The summed E-state index contributed by atoms with van der Waals surface area (Å²) in [6, 6.07) is 9.75. The van der Waals surface area contributed by atoms with Gasteiger partial charge in [0, 0.05) is 24.7 Å². The lowest BCUT2D eigenvalue weighted by atomic mass is 10.1. The lowest BCUT2D eigenvalue weighted by molar-refractivity contribution is -0.384. The van der Waals surface area contributed by atoms with Crippen LogP contribution in [0, 0.1) is 10.1 Å². The Morgan fingerprint density at radius 3 is 2.61 bits per heavy atom. The van der Waals surface area contributed by atoms with Crippen LogP contribution in [0.1, 0.15) is 5.76 Å². The molecule has 2 rings (SSSR count). The van der Waals surface area contributed by atoms with E-state index in [2.05, 4.69) is 10.5 Å². The molecule has 18 heavy (non-hydrogen) atoms. The molecule has 2 aromatic rings. The normalized spacial score (nSPS) is 10.7. The summed E-state index contributed by atoms with van der Waals surface area (Å²) in [5.41, 5.74) is 3.46. The summed E-state index contributed by atoms with van der Waals surface area (Å²) < 4.78 is 5.51. The zero-order valence-electron chi connectivity index (χ0n) is 9.66. The van der Waals surface area contributed by atoms with Gasteiger partial charge in [0.2, 0.25) is 0 Å². The van der Waals surface area contributed by atoms with Gasteiger partial charge in [-0.25, -0.2) is 0 Å². The third-order valence-corrected chi connectivity index (χ3v) is 2.31. The Morgan fingerprint density at radius 1 is 1.28 bits per heavy atom. The van der Waals surface area contributed by atoms with Crippen LogP contribution in [0.2, 0.25) is 0 Å². The van der Waals surface area contributed by atoms with Gasteiger partial charge in [-0.2, -0.15) is 5.10 Å². The number of hydrogen-bond acceptors (Lipinski definition) is 5. The maximum absolute atomic E-state index is 10.5. The molecule has 0 saturated carbocycles. The maximum atomic E-state index is 10.5. The van der Waals surface area contributed by atoms with Crippen molar-refractivity contribution in [3.05, 3.63) is 52.3 Å². The van der Waals surface area contributed by atoms with Crippen LogP contribution >= 0.6 is 0 Å². The number of nitrogens with zero attached hydrogens (tertiary/aromatic N) is 2. The Morgan fingerprint density at radius 2 is 2.00 bits per heavy atom. The summed E-state index contributed by atoms with van der Waals surface area (Å²) in [6.07, 6.45) is 1.55. The first kappa shape index (κ1) is 11.8. The molecule has 1 N–H and O–H groups in total. The minimum Gasteiger partial charge on any atom is -0.455 e. The third-order valence-electron chi connectivity index (χ3n) is 2.31. The number of non-ortho nitro benzene ring substituents is 1. The fourth-order valence-corrected chi connectivity index (χ4v) is 1.45. The molecule has 92 valence electrons. The van der Waals surface area contributed by atoms with Gasteiger partial charge >= 0.3 is 0 Å². The van der Waals surface area contributed by atoms with Crippen molar-refractivity contribution >= 4 is 11.9 Å². The zero-order chi connectivity index (χ0) is 13.0. The first-order chi connectivity index (χ1) is 8.70. The molecule has 0 amide bonds. The molecule has 0 fully saturated rings. The Hall–Kier alpha value is -2.63. The first-order valence-electron chi connectivity index (χ1n) is 5.25. The molecule has 0 aliphatic rings. The SMILES string of the molecule is CNN=Cc1ccc(-c2ccc([N+](=O)[O-])cc2)o1. The number of hydrogen-bond donors (Lipinski definition) is 1. The van der Waals surface area contributed by atoms with Crippen molar-refractivity contribution in [1.29, 1.82) is 0 Å². The molecule has 0 spiro atoms. The summed E-state index contributed by atoms with van der Waals surface area (Å²) in [5, 5.41) is 14.4. The quantitative estimate of drug-likeness (QED) is 0.509. The molecule has 1 aromatic carbocycles. The van der Waals surface area contributed by atoms with E-state index in [1.54, 1.807) is 37.5 Å². The van der Waals surface area contributed by atoms with Gasteiger partial charge in [0.25, 0.3) is 5.69 Å². The fourth-order valence-electron chi connectivity index (χ4n) is 1.45. The first-order valence-corrected chi connectivity index (χ1v) is 5.25. The van der Waals surface area contributed by atoms with Crippen LogP contribution in [0.15, 0.2) is 45.9 Å². The number of nitro groups is 1. The van der Waals surface area contributed by atoms with Crippen LogP contribution < -0.4 is 5.43 Å². The molecule has 1 aromatic heterocycles. The summed E-state index contributed by atoms with van der Waals surface area (Å²) >= 11 is 0. The van der Waals surface area contributed by atoms with Crippen LogP contribution in [0.5, 0.6) is 0 Å². The van der Waals surface area contributed by atoms with E-state index in [9.17, 15) is 10.1 Å². The number of furan rings is 1. The topological polar surface area (TPSA) is 80.7 Å². The highest BCUT2D eigenvalue weighted by Gasteiger charge is 2.07. The van der Waals surface area contributed by atoms with E-state index in [4.69, 9.17) is 4.42 Å². The highest BCUT2D eigenvalue weighted by Crippen LogP contribution is 2.23. The summed E-state index contributed by atoms with van der Waals surface area (Å²) in [4.78, 5) is 10.1. The van der Waals surface area contributed by atoms with Crippen molar-refractivity contribution in [2.75, 3.05) is 7.05 Å². The largest absolute Gasteiger partial charge is 0.455 e. The van der Waals surface area contributed by atoms with Crippen LogP contribution in [0.25, 0.3) is 11.3 Å². The molecule has 6 heteroatoms. The van der Waals surface area contributed by atoms with Gasteiger partial charge < -0.3 is 9.84 Å². The third kappa shape index (κ3) is 2.54. The molecule has 0 bridgehead atoms.